The van der Waals surface area contributed by atoms with E-state index in [4.69, 9.17) is 14.2 Å². The van der Waals surface area contributed by atoms with Crippen LogP contribution in [0.3, 0.4) is 0 Å². The van der Waals surface area contributed by atoms with E-state index in [9.17, 15) is 14.0 Å². The number of carbonyl (C=O) groups excluding carboxylic acids is 2. The standard InChI is InChI=1S/C26H34FN5O5S/c1-15-20-22(30-13-31-24(20)38-21(15)25(34)35-6)32-18-9-8-17(27)12-19(18)37-16(2)23(33)29-11-7-10-28-14-36-26(3,4)5/h8-9,12-13,16,28H,7,10-11,14H2,1-6H3,(H,29,33)(H,30,31,32). The molecule has 0 bridgehead atoms. The molecule has 0 aliphatic carbocycles. The lowest BCUT2D eigenvalue weighted by atomic mass is 10.2. The van der Waals surface area contributed by atoms with E-state index < -0.39 is 17.9 Å². The van der Waals surface area contributed by atoms with Crippen LogP contribution in [0.25, 0.3) is 10.2 Å². The van der Waals surface area contributed by atoms with E-state index in [1.807, 2.05) is 20.8 Å². The van der Waals surface area contributed by atoms with Crippen LogP contribution < -0.4 is 20.7 Å². The minimum absolute atomic E-state index is 0.140. The topological polar surface area (TPSA) is 124 Å². The monoisotopic (exact) mass is 547 g/mol. The highest BCUT2D eigenvalue weighted by Crippen LogP contribution is 2.36. The minimum atomic E-state index is -0.881. The van der Waals surface area contributed by atoms with Crippen LogP contribution in [0.5, 0.6) is 5.75 Å². The number of thiophene rings is 1. The van der Waals surface area contributed by atoms with Crippen molar-refractivity contribution < 1.29 is 28.2 Å². The van der Waals surface area contributed by atoms with Crippen molar-refractivity contribution >= 4 is 44.9 Å². The summed E-state index contributed by atoms with van der Waals surface area (Å²) in [6.07, 6.45) is 1.19. The summed E-state index contributed by atoms with van der Waals surface area (Å²) in [4.78, 5) is 34.3. The third-order valence-electron chi connectivity index (χ3n) is 5.40. The SMILES string of the molecule is COC(=O)c1sc2ncnc(Nc3ccc(F)cc3OC(C)C(=O)NCCCNCOC(C)(C)C)c2c1C. The van der Waals surface area contributed by atoms with Crippen molar-refractivity contribution in [1.82, 2.24) is 20.6 Å². The largest absolute Gasteiger partial charge is 0.479 e. The van der Waals surface area contributed by atoms with E-state index in [-0.39, 0.29) is 17.3 Å². The molecule has 10 nitrogen and oxygen atoms in total. The highest BCUT2D eigenvalue weighted by Gasteiger charge is 2.21. The number of hydrogen-bond acceptors (Lipinski definition) is 10. The van der Waals surface area contributed by atoms with Crippen LogP contribution in [-0.4, -0.2) is 60.5 Å². The second kappa shape index (κ2) is 12.9. The number of amides is 1. The fourth-order valence-corrected chi connectivity index (χ4v) is 4.50. The number of carbonyl (C=O) groups is 2. The van der Waals surface area contributed by atoms with Crippen molar-refractivity contribution in [1.29, 1.82) is 0 Å². The fraction of sp³-hybridized carbons (Fsp3) is 0.462. The molecule has 206 valence electrons. The van der Waals surface area contributed by atoms with Crippen molar-refractivity contribution in [3.05, 3.63) is 40.8 Å². The Bertz CT molecular complexity index is 1280. The number of rotatable bonds is 12. The van der Waals surface area contributed by atoms with Gasteiger partial charge in [-0.05, 0) is 65.3 Å². The van der Waals surface area contributed by atoms with Gasteiger partial charge in [0.1, 0.15) is 33.4 Å². The van der Waals surface area contributed by atoms with Crippen molar-refractivity contribution in [2.45, 2.75) is 52.7 Å². The molecule has 3 rings (SSSR count). The van der Waals surface area contributed by atoms with Crippen LogP contribution in [0.4, 0.5) is 15.9 Å². The molecule has 0 spiro atoms. The van der Waals surface area contributed by atoms with Gasteiger partial charge in [-0.1, -0.05) is 0 Å². The normalized spacial score (nSPS) is 12.3. The van der Waals surface area contributed by atoms with E-state index in [0.717, 1.165) is 0 Å². The second-order valence-corrected chi connectivity index (χ2v) is 10.5. The number of hydrogen-bond donors (Lipinski definition) is 3. The van der Waals surface area contributed by atoms with Crippen molar-refractivity contribution in [3.8, 4) is 5.75 Å². The third kappa shape index (κ3) is 7.83. The predicted octanol–water partition coefficient (Wildman–Crippen LogP) is 4.30. The number of aryl methyl sites for hydroxylation is 1. The zero-order valence-electron chi connectivity index (χ0n) is 22.4. The molecular weight excluding hydrogens is 513 g/mol. The average molecular weight is 548 g/mol. The molecule has 0 saturated carbocycles. The molecule has 0 fully saturated rings. The molecule has 0 saturated heterocycles. The smallest absolute Gasteiger partial charge is 0.348 e. The van der Waals surface area contributed by atoms with Gasteiger partial charge in [0.15, 0.2) is 6.10 Å². The number of methoxy groups -OCH3 is 1. The molecule has 1 amide bonds. The number of aromatic nitrogens is 2. The highest BCUT2D eigenvalue weighted by atomic mass is 32.1. The van der Waals surface area contributed by atoms with Gasteiger partial charge in [0.05, 0.1) is 30.5 Å². The van der Waals surface area contributed by atoms with Crippen LogP contribution in [-0.2, 0) is 14.3 Å². The summed E-state index contributed by atoms with van der Waals surface area (Å²) in [5.74, 6) is -0.755. The molecule has 38 heavy (non-hydrogen) atoms. The first-order valence-electron chi connectivity index (χ1n) is 12.2. The number of ether oxygens (including phenoxy) is 3. The van der Waals surface area contributed by atoms with E-state index in [0.29, 0.717) is 58.4 Å². The Balaban J connectivity index is 1.65. The molecule has 1 aromatic carbocycles. The van der Waals surface area contributed by atoms with Crippen molar-refractivity contribution in [3.63, 3.8) is 0 Å². The van der Waals surface area contributed by atoms with Crippen LogP contribution >= 0.6 is 11.3 Å². The van der Waals surface area contributed by atoms with Crippen molar-refractivity contribution in [2.24, 2.45) is 0 Å². The van der Waals surface area contributed by atoms with Gasteiger partial charge in [0, 0.05) is 12.6 Å². The summed E-state index contributed by atoms with van der Waals surface area (Å²) in [6.45, 7) is 10.9. The fourth-order valence-electron chi connectivity index (χ4n) is 3.43. The summed E-state index contributed by atoms with van der Waals surface area (Å²) in [6, 6.07) is 3.97. The van der Waals surface area contributed by atoms with Crippen LogP contribution in [0.2, 0.25) is 0 Å². The van der Waals surface area contributed by atoms with Gasteiger partial charge in [-0.3, -0.25) is 10.1 Å². The van der Waals surface area contributed by atoms with Gasteiger partial charge in [-0.25, -0.2) is 19.2 Å². The zero-order chi connectivity index (χ0) is 27.9. The molecular formula is C26H34FN5O5S. The Labute approximate surface area is 225 Å². The lowest BCUT2D eigenvalue weighted by Gasteiger charge is -2.20. The zero-order valence-corrected chi connectivity index (χ0v) is 23.3. The van der Waals surface area contributed by atoms with Gasteiger partial charge < -0.3 is 24.8 Å². The van der Waals surface area contributed by atoms with Gasteiger partial charge in [0.2, 0.25) is 0 Å². The quantitative estimate of drug-likeness (QED) is 0.173. The Hall–Kier alpha value is -3.35. The Morgan fingerprint density at radius 1 is 1.18 bits per heavy atom. The lowest BCUT2D eigenvalue weighted by molar-refractivity contribution is -0.127. The van der Waals surface area contributed by atoms with Crippen LogP contribution in [0, 0.1) is 12.7 Å². The summed E-state index contributed by atoms with van der Waals surface area (Å²) >= 11 is 1.20. The summed E-state index contributed by atoms with van der Waals surface area (Å²) in [5, 5.41) is 9.76. The van der Waals surface area contributed by atoms with Gasteiger partial charge >= 0.3 is 5.97 Å². The van der Waals surface area contributed by atoms with E-state index in [1.54, 1.807) is 13.8 Å². The number of fused-ring (bicyclic) bond motifs is 1. The second-order valence-electron chi connectivity index (χ2n) is 9.52. The lowest BCUT2D eigenvalue weighted by Crippen LogP contribution is -2.38. The first-order valence-corrected chi connectivity index (χ1v) is 13.0. The first-order chi connectivity index (χ1) is 18.0. The van der Waals surface area contributed by atoms with Gasteiger partial charge in [-0.15, -0.1) is 11.3 Å². The molecule has 3 N–H and O–H groups in total. The number of halogens is 1. The highest BCUT2D eigenvalue weighted by molar-refractivity contribution is 7.20. The number of esters is 1. The van der Waals surface area contributed by atoms with Crippen molar-refractivity contribution in [2.75, 3.05) is 32.2 Å². The summed E-state index contributed by atoms with van der Waals surface area (Å²) in [5.41, 5.74) is 0.850. The van der Waals surface area contributed by atoms with E-state index in [2.05, 4.69) is 25.9 Å². The van der Waals surface area contributed by atoms with Crippen LogP contribution in [0.1, 0.15) is 49.4 Å². The maximum Gasteiger partial charge on any atom is 0.348 e. The molecule has 0 radical (unpaired) electrons. The Morgan fingerprint density at radius 3 is 2.66 bits per heavy atom. The maximum absolute atomic E-state index is 14.1. The number of nitrogens with one attached hydrogen (secondary N) is 3. The summed E-state index contributed by atoms with van der Waals surface area (Å²) in [7, 11) is 1.32. The molecule has 3 aromatic rings. The average Bonchev–Trinajstić information content (AvgIpc) is 3.21. The van der Waals surface area contributed by atoms with E-state index in [1.165, 1.54) is 43.0 Å². The molecule has 0 aliphatic rings. The first kappa shape index (κ1) is 29.2. The Morgan fingerprint density at radius 2 is 1.95 bits per heavy atom. The molecule has 2 heterocycles. The number of anilines is 2. The number of nitrogens with zero attached hydrogens (tertiary/aromatic N) is 2. The Kier molecular flexibility index (Phi) is 9.95. The molecule has 1 unspecified atom stereocenters. The maximum atomic E-state index is 14.1. The third-order valence-corrected chi connectivity index (χ3v) is 6.58. The van der Waals surface area contributed by atoms with Crippen LogP contribution in [0.15, 0.2) is 24.5 Å². The molecule has 2 aromatic heterocycles. The molecule has 0 aliphatic heterocycles. The molecule has 12 heteroatoms. The summed E-state index contributed by atoms with van der Waals surface area (Å²) < 4.78 is 30.4. The molecule has 1 atom stereocenters. The van der Waals surface area contributed by atoms with Gasteiger partial charge in [-0.2, -0.15) is 0 Å². The van der Waals surface area contributed by atoms with Gasteiger partial charge in [0.25, 0.3) is 5.91 Å². The van der Waals surface area contributed by atoms with E-state index >= 15 is 0 Å². The predicted molar refractivity (Wildman–Crippen MR) is 145 cm³/mol. The minimum Gasteiger partial charge on any atom is -0.479 e. The number of benzene rings is 1.